The monoisotopic (exact) mass is 288 g/mol. The first-order valence-electron chi connectivity index (χ1n) is 7.28. The molecular formula is C16H24N4O. The molecule has 2 N–H and O–H groups in total. The van der Waals surface area contributed by atoms with Crippen LogP contribution >= 0.6 is 0 Å². The first-order chi connectivity index (χ1) is 9.90. The average Bonchev–Trinajstić information content (AvgIpc) is 2.82. The number of benzene rings is 1. The molecule has 0 radical (unpaired) electrons. The number of nitrogens with one attached hydrogen (secondary N) is 2. The molecule has 1 aromatic rings. The van der Waals surface area contributed by atoms with Gasteiger partial charge < -0.3 is 15.5 Å². The van der Waals surface area contributed by atoms with E-state index in [2.05, 4.69) is 38.7 Å². The van der Waals surface area contributed by atoms with Crippen LogP contribution < -0.4 is 15.5 Å². The lowest BCUT2D eigenvalue weighted by molar-refractivity contribution is -0.121. The molecular weight excluding hydrogens is 264 g/mol. The van der Waals surface area contributed by atoms with Crippen LogP contribution in [0.5, 0.6) is 0 Å². The second kappa shape index (κ2) is 6.16. The van der Waals surface area contributed by atoms with Gasteiger partial charge in [-0.15, -0.1) is 0 Å². The normalized spacial score (nSPS) is 14.9. The van der Waals surface area contributed by atoms with Crippen LogP contribution in [0.4, 0.5) is 5.69 Å². The first kappa shape index (κ1) is 15.4. The van der Waals surface area contributed by atoms with Crippen LogP contribution in [0.2, 0.25) is 0 Å². The molecule has 114 valence electrons. The number of para-hydroxylation sites is 1. The molecule has 1 aliphatic heterocycles. The maximum absolute atomic E-state index is 11.9. The van der Waals surface area contributed by atoms with Gasteiger partial charge in [-0.05, 0) is 38.8 Å². The van der Waals surface area contributed by atoms with E-state index in [0.29, 0.717) is 0 Å². The molecule has 1 aliphatic rings. The van der Waals surface area contributed by atoms with Gasteiger partial charge in [0.15, 0.2) is 5.96 Å². The van der Waals surface area contributed by atoms with Crippen LogP contribution in [0.25, 0.3) is 0 Å². The largest absolute Gasteiger partial charge is 0.350 e. The van der Waals surface area contributed by atoms with Crippen LogP contribution in [-0.2, 0) is 11.2 Å². The number of hydrogen-bond donors (Lipinski definition) is 2. The molecule has 0 atom stereocenters. The van der Waals surface area contributed by atoms with E-state index in [-0.39, 0.29) is 18.0 Å². The number of aliphatic imine (C=N–C) groups is 1. The molecule has 21 heavy (non-hydrogen) atoms. The molecule has 5 heteroatoms. The van der Waals surface area contributed by atoms with Crippen LogP contribution in [0.3, 0.4) is 0 Å². The van der Waals surface area contributed by atoms with E-state index in [1.54, 1.807) is 7.05 Å². The fraction of sp³-hybridized carbons (Fsp3) is 0.500. The summed E-state index contributed by atoms with van der Waals surface area (Å²) >= 11 is 0. The Bertz CT molecular complexity index is 545. The Labute approximate surface area is 126 Å². The van der Waals surface area contributed by atoms with Gasteiger partial charge in [0.2, 0.25) is 5.91 Å². The summed E-state index contributed by atoms with van der Waals surface area (Å²) < 4.78 is 0. The van der Waals surface area contributed by atoms with E-state index in [1.807, 2.05) is 26.8 Å². The third-order valence-electron chi connectivity index (χ3n) is 3.28. The van der Waals surface area contributed by atoms with E-state index >= 15 is 0 Å². The lowest BCUT2D eigenvalue weighted by atomic mass is 10.1. The van der Waals surface area contributed by atoms with Crippen molar-refractivity contribution in [2.75, 3.05) is 25.0 Å². The third kappa shape index (κ3) is 3.97. The molecule has 0 unspecified atom stereocenters. The number of fused-ring (bicyclic) bond motifs is 1. The lowest BCUT2D eigenvalue weighted by Crippen LogP contribution is -2.49. The van der Waals surface area contributed by atoms with Crippen molar-refractivity contribution in [3.63, 3.8) is 0 Å². The summed E-state index contributed by atoms with van der Waals surface area (Å²) in [4.78, 5) is 18.3. The van der Waals surface area contributed by atoms with Gasteiger partial charge in [0.25, 0.3) is 0 Å². The fourth-order valence-corrected chi connectivity index (χ4v) is 2.48. The van der Waals surface area contributed by atoms with Crippen molar-refractivity contribution < 1.29 is 4.79 Å². The Morgan fingerprint density at radius 2 is 2.05 bits per heavy atom. The number of guanidine groups is 1. The molecule has 1 aromatic carbocycles. The highest BCUT2D eigenvalue weighted by atomic mass is 16.2. The highest BCUT2D eigenvalue weighted by molar-refractivity contribution is 5.99. The molecule has 1 heterocycles. The summed E-state index contributed by atoms with van der Waals surface area (Å²) in [6.45, 7) is 7.02. The van der Waals surface area contributed by atoms with Crippen LogP contribution in [0.1, 0.15) is 26.3 Å². The molecule has 0 bridgehead atoms. The first-order valence-corrected chi connectivity index (χ1v) is 7.28. The Balaban J connectivity index is 1.98. The van der Waals surface area contributed by atoms with Gasteiger partial charge in [0.05, 0.1) is 6.54 Å². The Kier molecular flexibility index (Phi) is 4.50. The van der Waals surface area contributed by atoms with Crippen molar-refractivity contribution >= 4 is 17.6 Å². The number of carbonyl (C=O) groups is 1. The summed E-state index contributed by atoms with van der Waals surface area (Å²) in [5.41, 5.74) is 2.27. The summed E-state index contributed by atoms with van der Waals surface area (Å²) in [6, 6.07) is 8.30. The van der Waals surface area contributed by atoms with Crippen molar-refractivity contribution in [3.8, 4) is 0 Å². The summed E-state index contributed by atoms with van der Waals surface area (Å²) in [6.07, 6.45) is 1.01. The molecule has 5 nitrogen and oxygen atoms in total. The Morgan fingerprint density at radius 1 is 1.33 bits per heavy atom. The van der Waals surface area contributed by atoms with Gasteiger partial charge in [0, 0.05) is 24.8 Å². The van der Waals surface area contributed by atoms with E-state index < -0.39 is 0 Å². The van der Waals surface area contributed by atoms with Gasteiger partial charge in [0.1, 0.15) is 0 Å². The zero-order valence-electron chi connectivity index (χ0n) is 13.2. The quantitative estimate of drug-likeness (QED) is 0.641. The minimum Gasteiger partial charge on any atom is -0.350 e. The Hall–Kier alpha value is -2.04. The molecule has 0 aliphatic carbocycles. The average molecular weight is 288 g/mol. The lowest BCUT2D eigenvalue weighted by Gasteiger charge is -2.24. The molecule has 0 aromatic heterocycles. The van der Waals surface area contributed by atoms with Gasteiger partial charge in [-0.1, -0.05) is 18.2 Å². The van der Waals surface area contributed by atoms with Crippen molar-refractivity contribution in [1.29, 1.82) is 0 Å². The second-order valence-corrected chi connectivity index (χ2v) is 6.23. The van der Waals surface area contributed by atoms with E-state index in [9.17, 15) is 4.79 Å². The van der Waals surface area contributed by atoms with Gasteiger partial charge in [-0.25, -0.2) is 0 Å². The maximum Gasteiger partial charge on any atom is 0.239 e. The van der Waals surface area contributed by atoms with Gasteiger partial charge in [-0.2, -0.15) is 0 Å². The molecule has 0 saturated carbocycles. The number of carbonyl (C=O) groups excluding carboxylic acids is 1. The van der Waals surface area contributed by atoms with Crippen LogP contribution in [0, 0.1) is 0 Å². The van der Waals surface area contributed by atoms with E-state index in [1.165, 1.54) is 11.3 Å². The van der Waals surface area contributed by atoms with Crippen LogP contribution in [-0.4, -0.2) is 37.5 Å². The molecule has 1 amide bonds. The van der Waals surface area contributed by atoms with Crippen molar-refractivity contribution in [1.82, 2.24) is 10.6 Å². The zero-order valence-corrected chi connectivity index (χ0v) is 13.2. The minimum atomic E-state index is -0.220. The number of amides is 1. The van der Waals surface area contributed by atoms with Crippen molar-refractivity contribution in [3.05, 3.63) is 29.8 Å². The highest BCUT2D eigenvalue weighted by Gasteiger charge is 2.23. The predicted molar refractivity (Wildman–Crippen MR) is 86.7 cm³/mol. The number of nitrogens with zero attached hydrogens (tertiary/aromatic N) is 2. The number of hydrogen-bond acceptors (Lipinski definition) is 2. The standard InChI is InChI=1S/C16H24N4O/c1-16(2,3)19-14(21)11-18-15(17-4)20-10-9-12-7-5-6-8-13(12)20/h5-8H,9-11H2,1-4H3,(H,17,18)(H,19,21). The smallest absolute Gasteiger partial charge is 0.239 e. The third-order valence-corrected chi connectivity index (χ3v) is 3.28. The SMILES string of the molecule is CN=C(NCC(=O)NC(C)(C)C)N1CCc2ccccc21. The minimum absolute atomic E-state index is 0.0314. The zero-order chi connectivity index (χ0) is 15.5. The predicted octanol–water partition coefficient (Wildman–Crippen LogP) is 1.54. The second-order valence-electron chi connectivity index (χ2n) is 6.23. The summed E-state index contributed by atoms with van der Waals surface area (Å²) in [5, 5.41) is 6.07. The molecule has 0 saturated heterocycles. The van der Waals surface area contributed by atoms with Gasteiger partial charge in [-0.3, -0.25) is 9.79 Å². The molecule has 0 fully saturated rings. The highest BCUT2D eigenvalue weighted by Crippen LogP contribution is 2.27. The van der Waals surface area contributed by atoms with Crippen molar-refractivity contribution in [2.45, 2.75) is 32.7 Å². The van der Waals surface area contributed by atoms with Crippen molar-refractivity contribution in [2.24, 2.45) is 4.99 Å². The number of rotatable bonds is 2. The van der Waals surface area contributed by atoms with Crippen LogP contribution in [0.15, 0.2) is 29.3 Å². The fourth-order valence-electron chi connectivity index (χ4n) is 2.48. The maximum atomic E-state index is 11.9. The summed E-state index contributed by atoms with van der Waals surface area (Å²) in [7, 11) is 1.74. The molecule has 0 spiro atoms. The number of anilines is 1. The van der Waals surface area contributed by atoms with E-state index in [0.717, 1.165) is 18.9 Å². The Morgan fingerprint density at radius 3 is 2.71 bits per heavy atom. The van der Waals surface area contributed by atoms with Gasteiger partial charge >= 0.3 is 0 Å². The van der Waals surface area contributed by atoms with E-state index in [4.69, 9.17) is 0 Å². The molecule has 2 rings (SSSR count). The summed E-state index contributed by atoms with van der Waals surface area (Å²) in [5.74, 6) is 0.708. The topological polar surface area (TPSA) is 56.7 Å².